The molecule has 0 atom stereocenters. The first kappa shape index (κ1) is 11.9. The van der Waals surface area contributed by atoms with Gasteiger partial charge in [-0.2, -0.15) is 0 Å². The number of anilines is 1. The lowest BCUT2D eigenvalue weighted by Gasteiger charge is -2.16. The van der Waals surface area contributed by atoms with E-state index in [0.717, 1.165) is 38.0 Å². The van der Waals surface area contributed by atoms with E-state index in [-0.39, 0.29) is 6.03 Å². The molecule has 0 aromatic heterocycles. The molecule has 4 heteroatoms. The van der Waals surface area contributed by atoms with E-state index in [9.17, 15) is 4.79 Å². The number of urea groups is 1. The molecule has 3 N–H and O–H groups in total. The van der Waals surface area contributed by atoms with Gasteiger partial charge in [0.05, 0.1) is 0 Å². The van der Waals surface area contributed by atoms with Crippen LogP contribution in [0.2, 0.25) is 0 Å². The summed E-state index contributed by atoms with van der Waals surface area (Å²) in [5.41, 5.74) is 7.54. The standard InChI is InChI=1S/C13H19N3O/c14-8-7-11-3-5-12(6-4-11)15-13(17)16-9-1-2-10-16/h3-6H,1-2,7-10,14H2,(H,15,17). The lowest BCUT2D eigenvalue weighted by Crippen LogP contribution is -2.32. The van der Waals surface area contributed by atoms with Crippen LogP contribution in [0.1, 0.15) is 18.4 Å². The Labute approximate surface area is 102 Å². The van der Waals surface area contributed by atoms with Crippen molar-refractivity contribution in [3.05, 3.63) is 29.8 Å². The molecule has 0 spiro atoms. The van der Waals surface area contributed by atoms with Crippen molar-refractivity contribution in [2.24, 2.45) is 5.73 Å². The van der Waals surface area contributed by atoms with Crippen LogP contribution in [0, 0.1) is 0 Å². The SMILES string of the molecule is NCCc1ccc(NC(=O)N2CCCC2)cc1. The third-order valence-electron chi connectivity index (χ3n) is 3.03. The average molecular weight is 233 g/mol. The Morgan fingerprint density at radius 3 is 2.47 bits per heavy atom. The van der Waals surface area contributed by atoms with Crippen molar-refractivity contribution in [3.63, 3.8) is 0 Å². The zero-order chi connectivity index (χ0) is 12.1. The number of nitrogens with two attached hydrogens (primary N) is 1. The molecule has 2 amide bonds. The third kappa shape index (κ3) is 3.20. The minimum absolute atomic E-state index is 0.00840. The predicted octanol–water partition coefficient (Wildman–Crippen LogP) is 1.82. The van der Waals surface area contributed by atoms with E-state index in [1.165, 1.54) is 5.56 Å². The van der Waals surface area contributed by atoms with Gasteiger partial charge in [0.25, 0.3) is 0 Å². The van der Waals surface area contributed by atoms with Crippen molar-refractivity contribution in [2.45, 2.75) is 19.3 Å². The van der Waals surface area contributed by atoms with E-state index in [4.69, 9.17) is 5.73 Å². The van der Waals surface area contributed by atoms with E-state index in [0.29, 0.717) is 6.54 Å². The summed E-state index contributed by atoms with van der Waals surface area (Å²) in [7, 11) is 0. The van der Waals surface area contributed by atoms with Gasteiger partial charge < -0.3 is 16.0 Å². The number of amides is 2. The minimum Gasteiger partial charge on any atom is -0.330 e. The molecule has 0 aliphatic carbocycles. The van der Waals surface area contributed by atoms with Crippen molar-refractivity contribution in [1.29, 1.82) is 0 Å². The van der Waals surface area contributed by atoms with Crippen LogP contribution in [-0.4, -0.2) is 30.6 Å². The smallest absolute Gasteiger partial charge is 0.321 e. The molecule has 4 nitrogen and oxygen atoms in total. The Morgan fingerprint density at radius 1 is 1.24 bits per heavy atom. The maximum Gasteiger partial charge on any atom is 0.321 e. The zero-order valence-corrected chi connectivity index (χ0v) is 9.98. The van der Waals surface area contributed by atoms with Crippen LogP contribution in [0.5, 0.6) is 0 Å². The Balaban J connectivity index is 1.91. The van der Waals surface area contributed by atoms with E-state index in [2.05, 4.69) is 5.32 Å². The molecule has 1 aliphatic heterocycles. The molecular formula is C13H19N3O. The monoisotopic (exact) mass is 233 g/mol. The Bertz CT molecular complexity index is 369. The van der Waals surface area contributed by atoms with Crippen LogP contribution in [0.3, 0.4) is 0 Å². The summed E-state index contributed by atoms with van der Waals surface area (Å²) in [6.45, 7) is 2.40. The number of carbonyl (C=O) groups excluding carboxylic acids is 1. The minimum atomic E-state index is 0.00840. The van der Waals surface area contributed by atoms with E-state index < -0.39 is 0 Å². The molecule has 1 aromatic carbocycles. The number of nitrogens with zero attached hydrogens (tertiary/aromatic N) is 1. The molecule has 1 aromatic rings. The second kappa shape index (κ2) is 5.68. The number of nitrogens with one attached hydrogen (secondary N) is 1. The van der Waals surface area contributed by atoms with Gasteiger partial charge in [-0.15, -0.1) is 0 Å². The lowest BCUT2D eigenvalue weighted by atomic mass is 10.1. The first-order chi connectivity index (χ1) is 8.29. The van der Waals surface area contributed by atoms with Gasteiger partial charge in [-0.05, 0) is 43.5 Å². The Kier molecular flexibility index (Phi) is 3.98. The van der Waals surface area contributed by atoms with Crippen molar-refractivity contribution in [3.8, 4) is 0 Å². The number of likely N-dealkylation sites (tertiary alicyclic amines) is 1. The van der Waals surface area contributed by atoms with E-state index in [1.54, 1.807) is 0 Å². The van der Waals surface area contributed by atoms with Gasteiger partial charge >= 0.3 is 6.03 Å². The molecule has 0 unspecified atom stereocenters. The van der Waals surface area contributed by atoms with Gasteiger partial charge in [-0.1, -0.05) is 12.1 Å². The summed E-state index contributed by atoms with van der Waals surface area (Å²) in [6, 6.07) is 7.88. The maximum atomic E-state index is 11.8. The third-order valence-corrected chi connectivity index (χ3v) is 3.03. The zero-order valence-electron chi connectivity index (χ0n) is 9.98. The topological polar surface area (TPSA) is 58.4 Å². The molecule has 1 aliphatic rings. The van der Waals surface area contributed by atoms with Crippen molar-refractivity contribution in [2.75, 3.05) is 25.0 Å². The summed E-state index contributed by atoms with van der Waals surface area (Å²) in [6.07, 6.45) is 3.10. The number of hydrogen-bond donors (Lipinski definition) is 2. The molecule has 2 rings (SSSR count). The molecule has 17 heavy (non-hydrogen) atoms. The highest BCUT2D eigenvalue weighted by atomic mass is 16.2. The second-order valence-electron chi connectivity index (χ2n) is 4.36. The quantitative estimate of drug-likeness (QED) is 0.836. The number of carbonyl (C=O) groups is 1. The van der Waals surface area contributed by atoms with Gasteiger partial charge in [0, 0.05) is 18.8 Å². The molecule has 0 radical (unpaired) electrons. The number of rotatable bonds is 3. The second-order valence-corrected chi connectivity index (χ2v) is 4.36. The Hall–Kier alpha value is -1.55. The Morgan fingerprint density at radius 2 is 1.88 bits per heavy atom. The highest BCUT2D eigenvalue weighted by molar-refractivity contribution is 5.89. The van der Waals surface area contributed by atoms with Crippen LogP contribution in [0.25, 0.3) is 0 Å². The number of benzene rings is 1. The van der Waals surface area contributed by atoms with E-state index >= 15 is 0 Å². The van der Waals surface area contributed by atoms with Crippen LogP contribution in [-0.2, 0) is 6.42 Å². The summed E-state index contributed by atoms with van der Waals surface area (Å²) in [5.74, 6) is 0. The van der Waals surface area contributed by atoms with Crippen LogP contribution in [0.15, 0.2) is 24.3 Å². The fourth-order valence-corrected chi connectivity index (χ4v) is 2.04. The summed E-state index contributed by atoms with van der Waals surface area (Å²) < 4.78 is 0. The number of hydrogen-bond acceptors (Lipinski definition) is 2. The van der Waals surface area contributed by atoms with Crippen molar-refractivity contribution < 1.29 is 4.79 Å². The fraction of sp³-hybridized carbons (Fsp3) is 0.462. The van der Waals surface area contributed by atoms with Crippen molar-refractivity contribution >= 4 is 11.7 Å². The summed E-state index contributed by atoms with van der Waals surface area (Å²) in [5, 5.41) is 2.91. The van der Waals surface area contributed by atoms with Gasteiger partial charge in [-0.25, -0.2) is 4.79 Å². The molecule has 1 heterocycles. The summed E-state index contributed by atoms with van der Waals surface area (Å²) in [4.78, 5) is 13.7. The van der Waals surface area contributed by atoms with E-state index in [1.807, 2.05) is 29.2 Å². The normalized spacial score (nSPS) is 15.0. The molecule has 1 saturated heterocycles. The van der Waals surface area contributed by atoms with Crippen LogP contribution < -0.4 is 11.1 Å². The average Bonchev–Trinajstić information content (AvgIpc) is 2.86. The highest BCUT2D eigenvalue weighted by Crippen LogP contribution is 2.13. The maximum absolute atomic E-state index is 11.8. The van der Waals surface area contributed by atoms with Gasteiger partial charge in [0.15, 0.2) is 0 Å². The molecule has 92 valence electrons. The largest absolute Gasteiger partial charge is 0.330 e. The molecule has 0 bridgehead atoms. The van der Waals surface area contributed by atoms with Gasteiger partial charge in [0.1, 0.15) is 0 Å². The van der Waals surface area contributed by atoms with Crippen LogP contribution in [0.4, 0.5) is 10.5 Å². The van der Waals surface area contributed by atoms with Crippen LogP contribution >= 0.6 is 0 Å². The first-order valence-electron chi connectivity index (χ1n) is 6.14. The fourth-order valence-electron chi connectivity index (χ4n) is 2.04. The van der Waals surface area contributed by atoms with Gasteiger partial charge in [0.2, 0.25) is 0 Å². The van der Waals surface area contributed by atoms with Gasteiger partial charge in [-0.3, -0.25) is 0 Å². The molecular weight excluding hydrogens is 214 g/mol. The van der Waals surface area contributed by atoms with Crippen molar-refractivity contribution in [1.82, 2.24) is 4.90 Å². The summed E-state index contributed by atoms with van der Waals surface area (Å²) >= 11 is 0. The first-order valence-corrected chi connectivity index (χ1v) is 6.14. The lowest BCUT2D eigenvalue weighted by molar-refractivity contribution is 0.222. The molecule has 0 saturated carbocycles. The molecule has 1 fully saturated rings. The predicted molar refractivity (Wildman–Crippen MR) is 69.0 cm³/mol. The highest BCUT2D eigenvalue weighted by Gasteiger charge is 2.17.